The molecule has 0 aliphatic rings. The smallest absolute Gasteiger partial charge is 0.189 e. The molecule has 100 valence electrons. The Morgan fingerprint density at radius 2 is 2.20 bits per heavy atom. The van der Waals surface area contributed by atoms with Crippen molar-refractivity contribution in [3.05, 3.63) is 30.5 Å². The van der Waals surface area contributed by atoms with Gasteiger partial charge < -0.3 is 4.98 Å². The Labute approximate surface area is 119 Å². The van der Waals surface area contributed by atoms with Crippen LogP contribution in [0, 0.1) is 0 Å². The monoisotopic (exact) mass is 285 g/mol. The van der Waals surface area contributed by atoms with E-state index in [4.69, 9.17) is 0 Å². The van der Waals surface area contributed by atoms with Gasteiger partial charge in [0.2, 0.25) is 0 Å². The van der Waals surface area contributed by atoms with Crippen molar-refractivity contribution in [2.45, 2.75) is 12.1 Å². The number of carbonyl (C=O) groups excluding carboxylic acids is 1. The summed E-state index contributed by atoms with van der Waals surface area (Å²) >= 11 is 1.33. The fraction of sp³-hybridized carbons (Fsp3) is 0.154. The summed E-state index contributed by atoms with van der Waals surface area (Å²) in [6, 6.07) is 7.63. The third kappa shape index (κ3) is 2.67. The van der Waals surface area contributed by atoms with Crippen molar-refractivity contribution in [2.75, 3.05) is 5.75 Å². The minimum absolute atomic E-state index is 0.0981. The highest BCUT2D eigenvalue weighted by Gasteiger charge is 2.09. The molecule has 0 spiro atoms. The molecule has 0 saturated heterocycles. The predicted molar refractivity (Wildman–Crippen MR) is 76.3 cm³/mol. The predicted octanol–water partition coefficient (Wildman–Crippen LogP) is 2.10. The fourth-order valence-electron chi connectivity index (χ4n) is 1.68. The van der Waals surface area contributed by atoms with E-state index in [1.165, 1.54) is 11.8 Å². The Bertz CT molecular complexity index is 770. The number of Topliss-reactive ketones (excluding diaryl/α,β-unsaturated/α-hetero) is 1. The Balaban J connectivity index is 1.89. The number of ketones is 1. The van der Waals surface area contributed by atoms with E-state index in [0.29, 0.717) is 28.1 Å². The zero-order valence-electron chi connectivity index (χ0n) is 10.7. The molecule has 7 heteroatoms. The van der Waals surface area contributed by atoms with Gasteiger partial charge in [-0.2, -0.15) is 0 Å². The maximum absolute atomic E-state index is 10.9. The molecular formula is C13H11N5OS. The molecule has 0 aliphatic carbocycles. The molecule has 0 unspecified atom stereocenters. The summed E-state index contributed by atoms with van der Waals surface area (Å²) in [7, 11) is 0. The zero-order valence-corrected chi connectivity index (χ0v) is 11.5. The Kier molecular flexibility index (Phi) is 3.42. The van der Waals surface area contributed by atoms with E-state index in [0.717, 1.165) is 5.39 Å². The number of fused-ring (bicyclic) bond motifs is 1. The van der Waals surface area contributed by atoms with E-state index >= 15 is 0 Å². The minimum Gasteiger partial charge on any atom is -0.315 e. The van der Waals surface area contributed by atoms with Gasteiger partial charge >= 0.3 is 0 Å². The normalized spacial score (nSPS) is 10.8. The molecule has 0 aromatic carbocycles. The molecule has 0 fully saturated rings. The van der Waals surface area contributed by atoms with Gasteiger partial charge in [0.25, 0.3) is 0 Å². The van der Waals surface area contributed by atoms with Gasteiger partial charge in [0.05, 0.1) is 5.75 Å². The van der Waals surface area contributed by atoms with Gasteiger partial charge in [-0.15, -0.1) is 10.2 Å². The number of nitrogens with zero attached hydrogens (tertiary/aromatic N) is 4. The molecule has 0 amide bonds. The van der Waals surface area contributed by atoms with Gasteiger partial charge in [0.15, 0.2) is 16.6 Å². The summed E-state index contributed by atoms with van der Waals surface area (Å²) in [5.74, 6) is 1.05. The molecule has 0 saturated carbocycles. The van der Waals surface area contributed by atoms with Gasteiger partial charge in [-0.1, -0.05) is 11.8 Å². The molecule has 1 N–H and O–H groups in total. The van der Waals surface area contributed by atoms with E-state index in [2.05, 4.69) is 25.1 Å². The van der Waals surface area contributed by atoms with Crippen molar-refractivity contribution >= 4 is 28.6 Å². The minimum atomic E-state index is 0.0981. The summed E-state index contributed by atoms with van der Waals surface area (Å²) in [5.41, 5.74) is 1.35. The van der Waals surface area contributed by atoms with Crippen LogP contribution in [-0.4, -0.2) is 36.7 Å². The molecule has 3 rings (SSSR count). The third-order valence-corrected chi connectivity index (χ3v) is 3.59. The number of H-pyrrole nitrogens is 1. The fourth-order valence-corrected chi connectivity index (χ4v) is 2.29. The first kappa shape index (κ1) is 12.7. The lowest BCUT2D eigenvalue weighted by atomic mass is 10.2. The molecule has 6 nitrogen and oxygen atoms in total. The highest BCUT2D eigenvalue weighted by atomic mass is 32.2. The molecule has 0 bridgehead atoms. The molecule has 0 atom stereocenters. The Morgan fingerprint density at radius 1 is 1.30 bits per heavy atom. The van der Waals surface area contributed by atoms with Crippen LogP contribution in [0.15, 0.2) is 35.6 Å². The number of hydrogen-bond acceptors (Lipinski definition) is 6. The molecule has 20 heavy (non-hydrogen) atoms. The number of hydrogen-bond donors (Lipinski definition) is 1. The van der Waals surface area contributed by atoms with Crippen LogP contribution in [0.3, 0.4) is 0 Å². The van der Waals surface area contributed by atoms with E-state index < -0.39 is 0 Å². The highest BCUT2D eigenvalue weighted by molar-refractivity contribution is 7.99. The Morgan fingerprint density at radius 3 is 3.05 bits per heavy atom. The van der Waals surface area contributed by atoms with Gasteiger partial charge in [0, 0.05) is 11.6 Å². The van der Waals surface area contributed by atoms with Gasteiger partial charge in [0.1, 0.15) is 11.5 Å². The summed E-state index contributed by atoms with van der Waals surface area (Å²) in [6.45, 7) is 1.54. The molecule has 0 radical (unpaired) electrons. The van der Waals surface area contributed by atoms with Gasteiger partial charge in [-0.3, -0.25) is 4.79 Å². The van der Waals surface area contributed by atoms with E-state index in [9.17, 15) is 4.79 Å². The number of pyridine rings is 2. The summed E-state index contributed by atoms with van der Waals surface area (Å²) in [4.78, 5) is 22.6. The lowest BCUT2D eigenvalue weighted by Gasteiger charge is -1.98. The van der Waals surface area contributed by atoms with Crippen molar-refractivity contribution in [1.29, 1.82) is 0 Å². The SMILES string of the molecule is CC(=O)CSc1nnc(-c2ccc3cccnc3n2)[nH]1. The van der Waals surface area contributed by atoms with E-state index in [-0.39, 0.29) is 5.78 Å². The van der Waals surface area contributed by atoms with Crippen molar-refractivity contribution in [3.8, 4) is 11.5 Å². The third-order valence-electron chi connectivity index (χ3n) is 2.58. The van der Waals surface area contributed by atoms with Crippen LogP contribution in [0.4, 0.5) is 0 Å². The topological polar surface area (TPSA) is 84.4 Å². The number of nitrogens with one attached hydrogen (secondary N) is 1. The van der Waals surface area contributed by atoms with Crippen molar-refractivity contribution in [1.82, 2.24) is 25.1 Å². The zero-order chi connectivity index (χ0) is 13.9. The summed E-state index contributed by atoms with van der Waals surface area (Å²) in [5, 5.41) is 9.62. The quantitative estimate of drug-likeness (QED) is 0.739. The second-order valence-corrected chi connectivity index (χ2v) is 5.18. The molecule has 0 aliphatic heterocycles. The maximum atomic E-state index is 10.9. The van der Waals surface area contributed by atoms with Gasteiger partial charge in [-0.25, -0.2) is 9.97 Å². The first-order valence-corrected chi connectivity index (χ1v) is 6.98. The van der Waals surface area contributed by atoms with Crippen molar-refractivity contribution < 1.29 is 4.79 Å². The number of aromatic amines is 1. The van der Waals surface area contributed by atoms with Crippen LogP contribution < -0.4 is 0 Å². The second kappa shape index (κ2) is 5.38. The average Bonchev–Trinajstić information content (AvgIpc) is 2.93. The molecule has 3 heterocycles. The van der Waals surface area contributed by atoms with Crippen molar-refractivity contribution in [2.24, 2.45) is 0 Å². The lowest BCUT2D eigenvalue weighted by Crippen LogP contribution is -1.93. The first-order chi connectivity index (χ1) is 9.72. The van der Waals surface area contributed by atoms with Gasteiger partial charge in [-0.05, 0) is 31.2 Å². The Hall–Kier alpha value is -2.28. The van der Waals surface area contributed by atoms with Crippen molar-refractivity contribution in [3.63, 3.8) is 0 Å². The van der Waals surface area contributed by atoms with Crippen LogP contribution in [0.2, 0.25) is 0 Å². The number of aromatic nitrogens is 5. The number of thioether (sulfide) groups is 1. The average molecular weight is 285 g/mol. The summed E-state index contributed by atoms with van der Waals surface area (Å²) < 4.78 is 0. The highest BCUT2D eigenvalue weighted by Crippen LogP contribution is 2.19. The molecule has 3 aromatic heterocycles. The van der Waals surface area contributed by atoms with Crippen LogP contribution in [0.1, 0.15) is 6.92 Å². The number of carbonyl (C=O) groups is 1. The van der Waals surface area contributed by atoms with E-state index in [1.807, 2.05) is 24.3 Å². The maximum Gasteiger partial charge on any atom is 0.189 e. The second-order valence-electron chi connectivity index (χ2n) is 4.22. The van der Waals surface area contributed by atoms with Crippen LogP contribution in [-0.2, 0) is 4.79 Å². The molecule has 3 aromatic rings. The van der Waals surface area contributed by atoms with Crippen LogP contribution in [0.25, 0.3) is 22.6 Å². The number of rotatable bonds is 4. The van der Waals surface area contributed by atoms with Crippen LogP contribution in [0.5, 0.6) is 0 Å². The lowest BCUT2D eigenvalue weighted by molar-refractivity contribution is -0.114. The largest absolute Gasteiger partial charge is 0.315 e. The first-order valence-electron chi connectivity index (χ1n) is 5.99. The molecular weight excluding hydrogens is 274 g/mol. The summed E-state index contributed by atoms with van der Waals surface area (Å²) in [6.07, 6.45) is 1.70. The van der Waals surface area contributed by atoms with Crippen LogP contribution >= 0.6 is 11.8 Å². The van der Waals surface area contributed by atoms with E-state index in [1.54, 1.807) is 13.1 Å². The standard InChI is InChI=1S/C13H11N5OS/c1-8(19)7-20-13-16-12(17-18-13)10-5-4-9-3-2-6-14-11(9)15-10/h2-6H,7H2,1H3,(H,16,17,18).